The number of aromatic amines is 1. The van der Waals surface area contributed by atoms with Crippen molar-refractivity contribution in [2.45, 2.75) is 64.8 Å². The molecule has 0 bridgehead atoms. The van der Waals surface area contributed by atoms with Crippen molar-refractivity contribution in [2.75, 3.05) is 0 Å². The van der Waals surface area contributed by atoms with Crippen LogP contribution in [-0.2, 0) is 5.41 Å². The largest absolute Gasteiger partial charge is 0.347 e. The standard InChI is InChI=1S/C14H24N4O/c1-9(10-7-5-6-8-10)15-12(19)11-16-13(18-17-11)14(2,3)4/h9-10H,5-8H2,1-4H3,(H,15,19)(H,16,17,18). The van der Waals surface area contributed by atoms with Gasteiger partial charge in [-0.3, -0.25) is 9.89 Å². The summed E-state index contributed by atoms with van der Waals surface area (Å²) in [4.78, 5) is 16.4. The maximum Gasteiger partial charge on any atom is 0.291 e. The second-order valence-electron chi connectivity index (χ2n) is 6.56. The molecule has 5 nitrogen and oxygen atoms in total. The van der Waals surface area contributed by atoms with Crippen molar-refractivity contribution in [3.8, 4) is 0 Å². The Labute approximate surface area is 114 Å². The lowest BCUT2D eigenvalue weighted by Crippen LogP contribution is -2.37. The first-order valence-electron chi connectivity index (χ1n) is 7.11. The summed E-state index contributed by atoms with van der Waals surface area (Å²) in [6, 6.07) is 0.201. The molecule has 1 heterocycles. The highest BCUT2D eigenvalue weighted by Crippen LogP contribution is 2.27. The summed E-state index contributed by atoms with van der Waals surface area (Å²) in [6.45, 7) is 8.19. The van der Waals surface area contributed by atoms with Gasteiger partial charge in [0, 0.05) is 11.5 Å². The normalized spacial score (nSPS) is 18.5. The average molecular weight is 264 g/mol. The van der Waals surface area contributed by atoms with E-state index in [1.54, 1.807) is 0 Å². The molecule has 1 aliphatic carbocycles. The summed E-state index contributed by atoms with van der Waals surface area (Å²) in [5.74, 6) is 1.41. The zero-order valence-electron chi connectivity index (χ0n) is 12.3. The van der Waals surface area contributed by atoms with E-state index in [0.717, 1.165) is 5.82 Å². The second-order valence-corrected chi connectivity index (χ2v) is 6.56. The molecule has 0 saturated heterocycles. The first-order valence-corrected chi connectivity index (χ1v) is 7.11. The Balaban J connectivity index is 1.97. The van der Waals surface area contributed by atoms with Gasteiger partial charge in [0.15, 0.2) is 0 Å². The number of nitrogens with one attached hydrogen (secondary N) is 2. The Morgan fingerprint density at radius 1 is 1.37 bits per heavy atom. The summed E-state index contributed by atoms with van der Waals surface area (Å²) in [5.41, 5.74) is -0.122. The highest BCUT2D eigenvalue weighted by atomic mass is 16.2. The number of carbonyl (C=O) groups is 1. The molecule has 106 valence electrons. The number of amides is 1. The SMILES string of the molecule is CC(NC(=O)c1n[nH]c(C(C)(C)C)n1)C1CCCC1. The third kappa shape index (κ3) is 3.33. The summed E-state index contributed by atoms with van der Waals surface area (Å²) in [5, 5.41) is 9.88. The van der Waals surface area contributed by atoms with Gasteiger partial charge in [-0.25, -0.2) is 4.98 Å². The Morgan fingerprint density at radius 3 is 2.53 bits per heavy atom. The summed E-state index contributed by atoms with van der Waals surface area (Å²) >= 11 is 0. The number of carbonyl (C=O) groups excluding carboxylic acids is 1. The smallest absolute Gasteiger partial charge is 0.291 e. The van der Waals surface area contributed by atoms with Crippen LogP contribution in [0.5, 0.6) is 0 Å². The molecule has 1 unspecified atom stereocenters. The third-order valence-electron chi connectivity index (χ3n) is 3.86. The van der Waals surface area contributed by atoms with Gasteiger partial charge < -0.3 is 5.32 Å². The number of nitrogens with zero attached hydrogens (tertiary/aromatic N) is 2. The minimum atomic E-state index is -0.175. The van der Waals surface area contributed by atoms with Crippen LogP contribution in [0, 0.1) is 5.92 Å². The van der Waals surface area contributed by atoms with E-state index in [2.05, 4.69) is 27.4 Å². The van der Waals surface area contributed by atoms with E-state index < -0.39 is 0 Å². The van der Waals surface area contributed by atoms with Crippen LogP contribution in [0.15, 0.2) is 0 Å². The predicted molar refractivity (Wildman–Crippen MR) is 74.0 cm³/mol. The van der Waals surface area contributed by atoms with Gasteiger partial charge in [0.05, 0.1) is 0 Å². The van der Waals surface area contributed by atoms with Gasteiger partial charge in [0.2, 0.25) is 5.82 Å². The van der Waals surface area contributed by atoms with E-state index >= 15 is 0 Å². The van der Waals surface area contributed by atoms with Crippen molar-refractivity contribution in [1.82, 2.24) is 20.5 Å². The van der Waals surface area contributed by atoms with Crippen LogP contribution in [0.2, 0.25) is 0 Å². The zero-order valence-corrected chi connectivity index (χ0v) is 12.3. The molecule has 0 spiro atoms. The van der Waals surface area contributed by atoms with Crippen LogP contribution >= 0.6 is 0 Å². The minimum absolute atomic E-state index is 0.122. The lowest BCUT2D eigenvalue weighted by Gasteiger charge is -2.19. The quantitative estimate of drug-likeness (QED) is 0.880. The van der Waals surface area contributed by atoms with Crippen molar-refractivity contribution in [3.63, 3.8) is 0 Å². The maximum absolute atomic E-state index is 12.1. The van der Waals surface area contributed by atoms with Gasteiger partial charge in [-0.15, -0.1) is 5.10 Å². The average Bonchev–Trinajstić information content (AvgIpc) is 3.00. The zero-order chi connectivity index (χ0) is 14.0. The van der Waals surface area contributed by atoms with Crippen molar-refractivity contribution in [2.24, 2.45) is 5.92 Å². The fourth-order valence-electron chi connectivity index (χ4n) is 2.55. The molecule has 2 rings (SSSR count). The van der Waals surface area contributed by atoms with Crippen LogP contribution in [0.4, 0.5) is 0 Å². The molecule has 1 amide bonds. The second kappa shape index (κ2) is 5.31. The van der Waals surface area contributed by atoms with E-state index in [4.69, 9.17) is 0 Å². The van der Waals surface area contributed by atoms with Crippen molar-refractivity contribution < 1.29 is 4.79 Å². The molecule has 0 aromatic carbocycles. The van der Waals surface area contributed by atoms with Gasteiger partial charge in [-0.1, -0.05) is 33.6 Å². The van der Waals surface area contributed by atoms with Crippen molar-refractivity contribution >= 4 is 5.91 Å². The fraction of sp³-hybridized carbons (Fsp3) is 0.786. The van der Waals surface area contributed by atoms with Gasteiger partial charge in [0.1, 0.15) is 5.82 Å². The van der Waals surface area contributed by atoms with E-state index in [1.807, 2.05) is 20.8 Å². The molecule has 1 aromatic heterocycles. The Hall–Kier alpha value is -1.39. The van der Waals surface area contributed by atoms with Gasteiger partial charge in [-0.2, -0.15) is 0 Å². The number of H-pyrrole nitrogens is 1. The van der Waals surface area contributed by atoms with Gasteiger partial charge in [-0.05, 0) is 25.7 Å². The lowest BCUT2D eigenvalue weighted by atomic mass is 9.96. The molecular formula is C14H24N4O. The number of rotatable bonds is 3. The molecule has 1 saturated carbocycles. The third-order valence-corrected chi connectivity index (χ3v) is 3.86. The first-order chi connectivity index (χ1) is 8.88. The Morgan fingerprint density at radius 2 is 2.00 bits per heavy atom. The molecule has 1 aliphatic rings. The summed E-state index contributed by atoms with van der Waals surface area (Å²) in [6.07, 6.45) is 4.98. The van der Waals surface area contributed by atoms with Crippen molar-refractivity contribution in [1.29, 1.82) is 0 Å². The van der Waals surface area contributed by atoms with Crippen LogP contribution < -0.4 is 5.32 Å². The van der Waals surface area contributed by atoms with Crippen LogP contribution in [0.3, 0.4) is 0 Å². The van der Waals surface area contributed by atoms with E-state index in [0.29, 0.717) is 5.92 Å². The number of hydrogen-bond donors (Lipinski definition) is 2. The van der Waals surface area contributed by atoms with Crippen molar-refractivity contribution in [3.05, 3.63) is 11.6 Å². The van der Waals surface area contributed by atoms with Crippen LogP contribution in [0.25, 0.3) is 0 Å². The lowest BCUT2D eigenvalue weighted by molar-refractivity contribution is 0.0917. The van der Waals surface area contributed by atoms with Crippen LogP contribution in [0.1, 0.15) is 69.8 Å². The fourth-order valence-corrected chi connectivity index (χ4v) is 2.55. The maximum atomic E-state index is 12.1. The molecule has 0 aliphatic heterocycles. The predicted octanol–water partition coefficient (Wildman–Crippen LogP) is 2.41. The molecular weight excluding hydrogens is 240 g/mol. The van der Waals surface area contributed by atoms with Crippen LogP contribution in [-0.4, -0.2) is 27.1 Å². The molecule has 1 aromatic rings. The highest BCUT2D eigenvalue weighted by molar-refractivity contribution is 5.90. The number of aromatic nitrogens is 3. The topological polar surface area (TPSA) is 70.7 Å². The van der Waals surface area contributed by atoms with Gasteiger partial charge >= 0.3 is 0 Å². The van der Waals surface area contributed by atoms with E-state index in [1.165, 1.54) is 25.7 Å². The monoisotopic (exact) mass is 264 g/mol. The number of hydrogen-bond acceptors (Lipinski definition) is 3. The highest BCUT2D eigenvalue weighted by Gasteiger charge is 2.25. The molecule has 5 heteroatoms. The summed E-state index contributed by atoms with van der Waals surface area (Å²) < 4.78 is 0. The summed E-state index contributed by atoms with van der Waals surface area (Å²) in [7, 11) is 0. The van der Waals surface area contributed by atoms with E-state index in [9.17, 15) is 4.79 Å². The van der Waals surface area contributed by atoms with Gasteiger partial charge in [0.25, 0.3) is 5.91 Å². The molecule has 1 fully saturated rings. The Bertz CT molecular complexity index is 441. The molecule has 0 radical (unpaired) electrons. The Kier molecular flexibility index (Phi) is 3.92. The first kappa shape index (κ1) is 14.0. The minimum Gasteiger partial charge on any atom is -0.347 e. The molecule has 1 atom stereocenters. The van der Waals surface area contributed by atoms with E-state index in [-0.39, 0.29) is 23.2 Å². The molecule has 2 N–H and O–H groups in total. The molecule has 19 heavy (non-hydrogen) atoms.